The Kier molecular flexibility index (Phi) is 9.20. The molecular weight excluding hydrogens is 564 g/mol. The van der Waals surface area contributed by atoms with Crippen molar-refractivity contribution in [2.45, 2.75) is 19.6 Å². The summed E-state index contributed by atoms with van der Waals surface area (Å²) in [5.41, 5.74) is 3.29. The number of amides is 1. The molecular formula is C33H29ClN6O3. The van der Waals surface area contributed by atoms with E-state index in [4.69, 9.17) is 21.1 Å². The fourth-order valence-electron chi connectivity index (χ4n) is 4.45. The number of carbonyl (C=O) groups excluding carboxylic acids is 1. The number of nitriles is 1. The van der Waals surface area contributed by atoms with Crippen molar-refractivity contribution < 1.29 is 14.3 Å². The Morgan fingerprint density at radius 3 is 2.77 bits per heavy atom. The van der Waals surface area contributed by atoms with Crippen molar-refractivity contribution in [1.29, 1.82) is 5.26 Å². The maximum atomic E-state index is 12.9. The molecule has 1 amide bonds. The van der Waals surface area contributed by atoms with Crippen molar-refractivity contribution in [3.63, 3.8) is 0 Å². The number of hydrogen-bond acceptors (Lipinski definition) is 8. The molecule has 1 unspecified atom stereocenters. The molecule has 43 heavy (non-hydrogen) atoms. The maximum Gasteiger partial charge on any atom is 0.248 e. The Bertz CT molecular complexity index is 1760. The number of rotatable bonds is 10. The largest absolute Gasteiger partial charge is 0.492 e. The molecule has 0 fully saturated rings. The first-order valence-corrected chi connectivity index (χ1v) is 14.0. The van der Waals surface area contributed by atoms with Crippen LogP contribution in [0.4, 0.5) is 17.1 Å². The Balaban J connectivity index is 1.42. The van der Waals surface area contributed by atoms with Gasteiger partial charge >= 0.3 is 0 Å². The van der Waals surface area contributed by atoms with Gasteiger partial charge in [0.25, 0.3) is 0 Å². The van der Waals surface area contributed by atoms with Gasteiger partial charge in [-0.2, -0.15) is 5.26 Å². The minimum absolute atomic E-state index is 0.0319. The number of fused-ring (bicyclic) bond motifs is 1. The van der Waals surface area contributed by atoms with Crippen molar-refractivity contribution in [2.75, 3.05) is 24.3 Å². The molecule has 0 spiro atoms. The standard InChI is InChI=1S/C33H29ClN6O3/c1-3-42-31-18-28-26(17-29(31)39-32(41)13-11-25-9-5-7-15-40(25)2)33(22(19-35)20-37-28)38-23-10-12-30(27(34)16-23)43-21-24-8-4-6-14-36-24/h4-18,20,25H,3,21H2,1-2H3,(H,37,38)(H,39,41). The molecule has 9 nitrogen and oxygen atoms in total. The van der Waals surface area contributed by atoms with Crippen LogP contribution < -0.4 is 20.1 Å². The first-order chi connectivity index (χ1) is 20.9. The number of aromatic nitrogens is 2. The third-order valence-electron chi connectivity index (χ3n) is 6.61. The number of likely N-dealkylation sites (N-methyl/N-ethyl adjacent to an activating group) is 1. The van der Waals surface area contributed by atoms with Crippen LogP contribution in [0.3, 0.4) is 0 Å². The van der Waals surface area contributed by atoms with Gasteiger partial charge in [0.1, 0.15) is 24.2 Å². The predicted molar refractivity (Wildman–Crippen MR) is 169 cm³/mol. The van der Waals surface area contributed by atoms with E-state index in [1.807, 2.05) is 67.6 Å². The van der Waals surface area contributed by atoms with E-state index in [2.05, 4.69) is 26.7 Å². The molecule has 10 heteroatoms. The molecule has 1 atom stereocenters. The van der Waals surface area contributed by atoms with Gasteiger partial charge in [-0.05, 0) is 55.6 Å². The summed E-state index contributed by atoms with van der Waals surface area (Å²) >= 11 is 6.54. The topological polar surface area (TPSA) is 112 Å². The second-order valence-corrected chi connectivity index (χ2v) is 9.98. The van der Waals surface area contributed by atoms with Crippen LogP contribution in [0.25, 0.3) is 10.9 Å². The van der Waals surface area contributed by atoms with Gasteiger partial charge in [0.15, 0.2) is 0 Å². The van der Waals surface area contributed by atoms with Crippen molar-refractivity contribution in [1.82, 2.24) is 14.9 Å². The van der Waals surface area contributed by atoms with Gasteiger partial charge in [-0.1, -0.05) is 35.9 Å². The molecule has 2 N–H and O–H groups in total. The van der Waals surface area contributed by atoms with Crippen LogP contribution in [0.2, 0.25) is 5.02 Å². The van der Waals surface area contributed by atoms with E-state index in [9.17, 15) is 10.1 Å². The Morgan fingerprint density at radius 2 is 2.02 bits per heavy atom. The predicted octanol–water partition coefficient (Wildman–Crippen LogP) is 6.75. The molecule has 1 aliphatic rings. The molecule has 1 aliphatic heterocycles. The highest BCUT2D eigenvalue weighted by Crippen LogP contribution is 2.37. The van der Waals surface area contributed by atoms with E-state index < -0.39 is 0 Å². The number of carbonyl (C=O) groups is 1. The lowest BCUT2D eigenvalue weighted by atomic mass is 10.1. The van der Waals surface area contributed by atoms with Gasteiger partial charge in [0, 0.05) is 42.7 Å². The molecule has 3 heterocycles. The number of halogens is 1. The summed E-state index contributed by atoms with van der Waals surface area (Å²) in [6.07, 6.45) is 14.3. The number of pyridine rings is 2. The average Bonchev–Trinajstić information content (AvgIpc) is 3.01. The zero-order valence-corrected chi connectivity index (χ0v) is 24.4. The van der Waals surface area contributed by atoms with Gasteiger partial charge in [-0.25, -0.2) is 0 Å². The van der Waals surface area contributed by atoms with Gasteiger partial charge < -0.3 is 25.0 Å². The fraction of sp³-hybridized carbons (Fsp3) is 0.152. The number of ether oxygens (including phenoxy) is 2. The van der Waals surface area contributed by atoms with E-state index in [1.165, 1.54) is 12.3 Å². The lowest BCUT2D eigenvalue weighted by Gasteiger charge is -2.23. The summed E-state index contributed by atoms with van der Waals surface area (Å²) in [5.74, 6) is 0.655. The van der Waals surface area contributed by atoms with Crippen molar-refractivity contribution in [2.24, 2.45) is 0 Å². The smallest absolute Gasteiger partial charge is 0.248 e. The molecule has 2 aromatic carbocycles. The van der Waals surface area contributed by atoms with Gasteiger partial charge in [-0.15, -0.1) is 0 Å². The van der Waals surface area contributed by atoms with Crippen molar-refractivity contribution in [3.8, 4) is 17.6 Å². The van der Waals surface area contributed by atoms with Crippen molar-refractivity contribution >= 4 is 45.5 Å². The van der Waals surface area contributed by atoms with Gasteiger partial charge in [-0.3, -0.25) is 14.8 Å². The molecule has 4 aromatic rings. The van der Waals surface area contributed by atoms with Gasteiger partial charge in [0.2, 0.25) is 5.91 Å². The van der Waals surface area contributed by atoms with Gasteiger partial charge in [0.05, 0.1) is 45.8 Å². The van der Waals surface area contributed by atoms with Crippen LogP contribution in [-0.4, -0.2) is 40.5 Å². The summed E-state index contributed by atoms with van der Waals surface area (Å²) in [6, 6.07) is 16.5. The minimum atomic E-state index is -0.316. The van der Waals surface area contributed by atoms with Crippen molar-refractivity contribution in [3.05, 3.63) is 114 Å². The molecule has 2 aromatic heterocycles. The third-order valence-corrected chi connectivity index (χ3v) is 6.90. The maximum absolute atomic E-state index is 12.9. The number of nitrogens with one attached hydrogen (secondary N) is 2. The molecule has 0 saturated carbocycles. The molecule has 216 valence electrons. The van der Waals surface area contributed by atoms with E-state index >= 15 is 0 Å². The number of nitrogens with zero attached hydrogens (tertiary/aromatic N) is 4. The number of anilines is 3. The average molecular weight is 593 g/mol. The fourth-order valence-corrected chi connectivity index (χ4v) is 4.68. The zero-order valence-electron chi connectivity index (χ0n) is 23.6. The Morgan fingerprint density at radius 1 is 1.14 bits per heavy atom. The van der Waals surface area contributed by atoms with Crippen LogP contribution in [-0.2, 0) is 11.4 Å². The lowest BCUT2D eigenvalue weighted by molar-refractivity contribution is -0.111. The summed E-state index contributed by atoms with van der Waals surface area (Å²) < 4.78 is 11.7. The Hall–Kier alpha value is -5.33. The van der Waals surface area contributed by atoms with E-state index in [0.717, 1.165) is 5.69 Å². The van der Waals surface area contributed by atoms with Crippen LogP contribution in [0, 0.1) is 11.3 Å². The SMILES string of the molecule is CCOc1cc2ncc(C#N)c(Nc3ccc(OCc4ccccn4)c(Cl)c3)c2cc1NC(=O)C=CC1C=CC=CN1C. The van der Waals surface area contributed by atoms with Crippen LogP contribution in [0.5, 0.6) is 11.5 Å². The van der Waals surface area contributed by atoms with E-state index in [-0.39, 0.29) is 18.6 Å². The quantitative estimate of drug-likeness (QED) is 0.194. The lowest BCUT2D eigenvalue weighted by Crippen LogP contribution is -2.24. The molecule has 0 radical (unpaired) electrons. The molecule has 5 rings (SSSR count). The molecule has 0 saturated heterocycles. The second kappa shape index (κ2) is 13.6. The third kappa shape index (κ3) is 7.12. The van der Waals surface area contributed by atoms with Crippen LogP contribution in [0.15, 0.2) is 97.5 Å². The minimum Gasteiger partial charge on any atom is -0.492 e. The summed E-state index contributed by atoms with van der Waals surface area (Å²) in [5, 5.41) is 17.1. The van der Waals surface area contributed by atoms with Crippen LogP contribution >= 0.6 is 11.6 Å². The summed E-state index contributed by atoms with van der Waals surface area (Å²) in [6.45, 7) is 2.53. The normalized spacial score (nSPS) is 14.1. The van der Waals surface area contributed by atoms with E-state index in [0.29, 0.717) is 56.7 Å². The Labute approximate surface area is 254 Å². The first-order valence-electron chi connectivity index (χ1n) is 13.6. The highest BCUT2D eigenvalue weighted by Gasteiger charge is 2.16. The van der Waals surface area contributed by atoms with Crippen LogP contribution in [0.1, 0.15) is 18.2 Å². The zero-order chi connectivity index (χ0) is 30.2. The highest BCUT2D eigenvalue weighted by atomic mass is 35.5. The number of benzene rings is 2. The first kappa shape index (κ1) is 29.2. The monoisotopic (exact) mass is 592 g/mol. The molecule has 0 bridgehead atoms. The summed E-state index contributed by atoms with van der Waals surface area (Å²) in [4.78, 5) is 23.7. The molecule has 0 aliphatic carbocycles. The number of allylic oxidation sites excluding steroid dienone is 2. The summed E-state index contributed by atoms with van der Waals surface area (Å²) in [7, 11) is 1.94. The van der Waals surface area contributed by atoms with E-state index in [1.54, 1.807) is 36.5 Å². The highest BCUT2D eigenvalue weighted by molar-refractivity contribution is 6.32. The second-order valence-electron chi connectivity index (χ2n) is 9.57. The number of hydrogen-bond donors (Lipinski definition) is 2.